The molecule has 0 unspecified atom stereocenters. The Kier molecular flexibility index (Phi) is 4.85. The normalized spacial score (nSPS) is 11.9. The van der Waals surface area contributed by atoms with Gasteiger partial charge in [0.15, 0.2) is 0 Å². The average Bonchev–Trinajstić information content (AvgIpc) is 2.75. The molecule has 2 amide bonds. The molecule has 0 saturated heterocycles. The third-order valence-electron chi connectivity index (χ3n) is 2.45. The van der Waals surface area contributed by atoms with Gasteiger partial charge in [-0.1, -0.05) is 33.6 Å². The van der Waals surface area contributed by atoms with Gasteiger partial charge in [0, 0.05) is 15.0 Å². The van der Waals surface area contributed by atoms with Crippen molar-refractivity contribution in [2.75, 3.05) is 5.32 Å². The molecule has 0 saturated carbocycles. The monoisotopic (exact) mass is 358 g/mol. The number of hydrogen-bond donors (Lipinski definition) is 2. The number of carbonyl (C=O) groups excluding carboxylic acids is 1. The minimum Gasteiger partial charge on any atom is -0.331 e. The second-order valence-corrected chi connectivity index (χ2v) is 6.63. The lowest BCUT2D eigenvalue weighted by molar-refractivity contribution is 0.249. The SMILES string of the molecule is C[C@H](NC(=O)Nc1cccc(Br)c1)c1ccc(Cl)s1. The minimum absolute atomic E-state index is 0.0790. The van der Waals surface area contributed by atoms with Crippen LogP contribution in [0.4, 0.5) is 10.5 Å². The standard InChI is InChI=1S/C13H12BrClN2OS/c1-8(11-5-6-12(15)19-11)16-13(18)17-10-4-2-3-9(14)7-10/h2-8H,1H3,(H2,16,17,18)/t8-/m0/s1. The summed E-state index contributed by atoms with van der Waals surface area (Å²) in [5, 5.41) is 5.65. The Morgan fingerprint density at radius 3 is 2.79 bits per heavy atom. The first kappa shape index (κ1) is 14.4. The highest BCUT2D eigenvalue weighted by molar-refractivity contribution is 9.10. The van der Waals surface area contributed by atoms with E-state index in [1.807, 2.05) is 43.3 Å². The van der Waals surface area contributed by atoms with Gasteiger partial charge in [-0.25, -0.2) is 4.79 Å². The fourth-order valence-corrected chi connectivity index (χ4v) is 3.02. The van der Waals surface area contributed by atoms with Gasteiger partial charge in [-0.05, 0) is 37.3 Å². The second kappa shape index (κ2) is 6.41. The molecular weight excluding hydrogens is 348 g/mol. The van der Waals surface area contributed by atoms with Gasteiger partial charge in [-0.15, -0.1) is 11.3 Å². The first-order valence-electron chi connectivity index (χ1n) is 5.63. The third-order valence-corrected chi connectivity index (χ3v) is 4.36. The first-order chi connectivity index (χ1) is 9.04. The van der Waals surface area contributed by atoms with Crippen molar-refractivity contribution in [1.29, 1.82) is 0 Å². The topological polar surface area (TPSA) is 41.1 Å². The van der Waals surface area contributed by atoms with Crippen molar-refractivity contribution in [2.24, 2.45) is 0 Å². The molecule has 2 aromatic rings. The maximum Gasteiger partial charge on any atom is 0.319 e. The van der Waals surface area contributed by atoms with Gasteiger partial charge in [0.05, 0.1) is 10.4 Å². The lowest BCUT2D eigenvalue weighted by Gasteiger charge is -2.13. The lowest BCUT2D eigenvalue weighted by atomic mass is 10.3. The maximum atomic E-state index is 11.8. The van der Waals surface area contributed by atoms with Gasteiger partial charge in [0.1, 0.15) is 0 Å². The summed E-state index contributed by atoms with van der Waals surface area (Å²) >= 11 is 10.7. The van der Waals surface area contributed by atoms with E-state index in [-0.39, 0.29) is 12.1 Å². The Balaban J connectivity index is 1.94. The van der Waals surface area contributed by atoms with E-state index in [9.17, 15) is 4.79 Å². The van der Waals surface area contributed by atoms with Crippen LogP contribution in [-0.2, 0) is 0 Å². The molecule has 1 aromatic heterocycles. The number of hydrogen-bond acceptors (Lipinski definition) is 2. The first-order valence-corrected chi connectivity index (χ1v) is 7.61. The molecule has 1 aromatic carbocycles. The van der Waals surface area contributed by atoms with Crippen molar-refractivity contribution in [3.63, 3.8) is 0 Å². The van der Waals surface area contributed by atoms with Gasteiger partial charge in [-0.2, -0.15) is 0 Å². The molecule has 0 aliphatic rings. The molecule has 0 aliphatic heterocycles. The van der Waals surface area contributed by atoms with Crippen LogP contribution in [0.3, 0.4) is 0 Å². The van der Waals surface area contributed by atoms with Crippen molar-refractivity contribution in [1.82, 2.24) is 5.32 Å². The van der Waals surface area contributed by atoms with Gasteiger partial charge < -0.3 is 10.6 Å². The summed E-state index contributed by atoms with van der Waals surface area (Å²) in [4.78, 5) is 12.9. The van der Waals surface area contributed by atoms with Crippen LogP contribution in [0.1, 0.15) is 17.8 Å². The highest BCUT2D eigenvalue weighted by Crippen LogP contribution is 2.26. The van der Waals surface area contributed by atoms with Gasteiger partial charge >= 0.3 is 6.03 Å². The van der Waals surface area contributed by atoms with Gasteiger partial charge in [0.25, 0.3) is 0 Å². The number of benzene rings is 1. The number of nitrogens with one attached hydrogen (secondary N) is 2. The molecule has 0 aliphatic carbocycles. The number of halogens is 2. The number of rotatable bonds is 3. The number of urea groups is 1. The Morgan fingerprint density at radius 1 is 1.37 bits per heavy atom. The molecule has 0 bridgehead atoms. The quantitative estimate of drug-likeness (QED) is 0.791. The van der Waals surface area contributed by atoms with E-state index in [1.54, 1.807) is 0 Å². The summed E-state index contributed by atoms with van der Waals surface area (Å²) in [5.74, 6) is 0. The molecular formula is C13H12BrClN2OS. The molecule has 3 nitrogen and oxygen atoms in total. The fourth-order valence-electron chi connectivity index (χ4n) is 1.56. The van der Waals surface area contributed by atoms with E-state index >= 15 is 0 Å². The van der Waals surface area contributed by atoms with Crippen LogP contribution >= 0.6 is 38.9 Å². The van der Waals surface area contributed by atoms with Crippen LogP contribution < -0.4 is 10.6 Å². The van der Waals surface area contributed by atoms with Gasteiger partial charge in [-0.3, -0.25) is 0 Å². The van der Waals surface area contributed by atoms with E-state index in [4.69, 9.17) is 11.6 Å². The molecule has 1 atom stereocenters. The number of thiophene rings is 1. The zero-order chi connectivity index (χ0) is 13.8. The number of anilines is 1. The van der Waals surface area contributed by atoms with Crippen LogP contribution in [0.15, 0.2) is 40.9 Å². The summed E-state index contributed by atoms with van der Waals surface area (Å²) < 4.78 is 1.64. The Labute approximate surface area is 129 Å². The Hall–Kier alpha value is -1.04. The zero-order valence-electron chi connectivity index (χ0n) is 10.1. The predicted octanol–water partition coefficient (Wildman–Crippen LogP) is 5.05. The van der Waals surface area contributed by atoms with Crippen molar-refractivity contribution in [3.8, 4) is 0 Å². The van der Waals surface area contributed by atoms with Crippen LogP contribution in [0.5, 0.6) is 0 Å². The minimum atomic E-state index is -0.241. The van der Waals surface area contributed by atoms with E-state index in [0.29, 0.717) is 0 Å². The Bertz CT molecular complexity index is 588. The summed E-state index contributed by atoms with van der Waals surface area (Å²) in [7, 11) is 0. The molecule has 1 heterocycles. The maximum absolute atomic E-state index is 11.8. The average molecular weight is 360 g/mol. The summed E-state index contributed by atoms with van der Waals surface area (Å²) in [6, 6.07) is 10.9. The predicted molar refractivity (Wildman–Crippen MR) is 84.0 cm³/mol. The highest BCUT2D eigenvalue weighted by atomic mass is 79.9. The molecule has 2 rings (SSSR count). The van der Waals surface area contributed by atoms with E-state index in [1.165, 1.54) is 11.3 Å². The second-order valence-electron chi connectivity index (χ2n) is 3.97. The van der Waals surface area contributed by atoms with Crippen LogP contribution in [-0.4, -0.2) is 6.03 Å². The molecule has 0 spiro atoms. The van der Waals surface area contributed by atoms with Gasteiger partial charge in [0.2, 0.25) is 0 Å². The summed E-state index contributed by atoms with van der Waals surface area (Å²) in [6.07, 6.45) is 0. The summed E-state index contributed by atoms with van der Waals surface area (Å²) in [6.45, 7) is 1.92. The molecule has 19 heavy (non-hydrogen) atoms. The van der Waals surface area contributed by atoms with Crippen molar-refractivity contribution >= 4 is 50.6 Å². The van der Waals surface area contributed by atoms with E-state index in [0.717, 1.165) is 19.4 Å². The van der Waals surface area contributed by atoms with Crippen LogP contribution in [0, 0.1) is 0 Å². The fraction of sp³-hybridized carbons (Fsp3) is 0.154. The molecule has 2 N–H and O–H groups in total. The van der Waals surface area contributed by atoms with Crippen molar-refractivity contribution in [2.45, 2.75) is 13.0 Å². The molecule has 0 radical (unpaired) electrons. The largest absolute Gasteiger partial charge is 0.331 e. The van der Waals surface area contributed by atoms with Crippen LogP contribution in [0.25, 0.3) is 0 Å². The molecule has 0 fully saturated rings. The van der Waals surface area contributed by atoms with Crippen molar-refractivity contribution < 1.29 is 4.79 Å². The Morgan fingerprint density at radius 2 is 2.16 bits per heavy atom. The smallest absolute Gasteiger partial charge is 0.319 e. The number of carbonyl (C=O) groups is 1. The number of amides is 2. The van der Waals surface area contributed by atoms with E-state index < -0.39 is 0 Å². The highest BCUT2D eigenvalue weighted by Gasteiger charge is 2.11. The van der Waals surface area contributed by atoms with E-state index in [2.05, 4.69) is 26.6 Å². The van der Waals surface area contributed by atoms with Crippen molar-refractivity contribution in [3.05, 3.63) is 50.1 Å². The van der Waals surface area contributed by atoms with Crippen LogP contribution in [0.2, 0.25) is 4.34 Å². The molecule has 6 heteroatoms. The lowest BCUT2D eigenvalue weighted by Crippen LogP contribution is -2.30. The summed E-state index contributed by atoms with van der Waals surface area (Å²) in [5.41, 5.74) is 0.739. The molecule has 100 valence electrons. The zero-order valence-corrected chi connectivity index (χ0v) is 13.3. The third kappa shape index (κ3) is 4.23.